The van der Waals surface area contributed by atoms with Crippen LogP contribution in [0.25, 0.3) is 0 Å². The van der Waals surface area contributed by atoms with Crippen LogP contribution in [0.2, 0.25) is 0 Å². The van der Waals surface area contributed by atoms with Gasteiger partial charge in [0, 0.05) is 11.8 Å². The molecule has 0 bridgehead atoms. The van der Waals surface area contributed by atoms with Crippen LogP contribution in [0.1, 0.15) is 24.5 Å². The highest BCUT2D eigenvalue weighted by Crippen LogP contribution is 2.34. The first-order chi connectivity index (χ1) is 13.3. The Balaban J connectivity index is 1.91. The third kappa shape index (κ3) is 3.64. The molecule has 146 valence electrons. The van der Waals surface area contributed by atoms with Gasteiger partial charge < -0.3 is 20.2 Å². The van der Waals surface area contributed by atoms with Gasteiger partial charge in [-0.2, -0.15) is 0 Å². The van der Waals surface area contributed by atoms with Crippen LogP contribution in [-0.2, 0) is 9.59 Å². The number of ether oxygens (including phenoxy) is 1. The summed E-state index contributed by atoms with van der Waals surface area (Å²) in [5.41, 5.74) is 2.46. The van der Waals surface area contributed by atoms with E-state index in [2.05, 4.69) is 10.3 Å². The van der Waals surface area contributed by atoms with E-state index in [1.54, 1.807) is 6.92 Å². The van der Waals surface area contributed by atoms with Gasteiger partial charge in [-0.25, -0.2) is 0 Å². The number of carbonyl (C=O) groups is 2. The fraction of sp³-hybridized carbons (Fsp3) is 0.316. The number of nitrogens with one attached hydrogen (secondary N) is 1. The van der Waals surface area contributed by atoms with Crippen LogP contribution >= 0.6 is 0 Å². The quantitative estimate of drug-likeness (QED) is 0.626. The standard InChI is InChI=1S/C19H20N4O5/c1-4-13-19(25)22(18-14(28-13)8-9-15(20-18)23(26)27)10-16(24)21-17-11(2)6-5-7-12(17)3/h5-9,13H,4,10H2,1-3H3,(H,21,24). The number of pyridine rings is 1. The highest BCUT2D eigenvalue weighted by atomic mass is 16.6. The lowest BCUT2D eigenvalue weighted by Gasteiger charge is -2.30. The molecule has 0 saturated carbocycles. The second kappa shape index (κ2) is 7.63. The number of nitrogens with zero attached hydrogens (tertiary/aromatic N) is 3. The first-order valence-corrected chi connectivity index (χ1v) is 8.81. The number of benzene rings is 1. The second-order valence-electron chi connectivity index (χ2n) is 6.50. The molecule has 28 heavy (non-hydrogen) atoms. The lowest BCUT2D eigenvalue weighted by molar-refractivity contribution is -0.389. The molecule has 3 rings (SSSR count). The molecule has 0 saturated heterocycles. The zero-order valence-electron chi connectivity index (χ0n) is 15.8. The van der Waals surface area contributed by atoms with Crippen molar-refractivity contribution in [3.05, 3.63) is 51.6 Å². The Kier molecular flexibility index (Phi) is 5.25. The molecule has 0 radical (unpaired) electrons. The molecule has 2 amide bonds. The fourth-order valence-electron chi connectivity index (χ4n) is 3.04. The molecule has 9 heteroatoms. The van der Waals surface area contributed by atoms with Crippen LogP contribution in [0.15, 0.2) is 30.3 Å². The van der Waals surface area contributed by atoms with Crippen molar-refractivity contribution in [2.24, 2.45) is 0 Å². The third-order valence-electron chi connectivity index (χ3n) is 4.50. The van der Waals surface area contributed by atoms with Crippen LogP contribution in [0.4, 0.5) is 17.3 Å². The molecule has 0 fully saturated rings. The molecule has 2 heterocycles. The van der Waals surface area contributed by atoms with E-state index in [4.69, 9.17) is 4.74 Å². The number of rotatable bonds is 5. The third-order valence-corrected chi connectivity index (χ3v) is 4.50. The molecule has 1 aromatic heterocycles. The van der Waals surface area contributed by atoms with Crippen LogP contribution in [0, 0.1) is 24.0 Å². The van der Waals surface area contributed by atoms with Gasteiger partial charge in [-0.1, -0.05) is 25.1 Å². The first kappa shape index (κ1) is 19.3. The molecule has 1 aromatic carbocycles. The van der Waals surface area contributed by atoms with Crippen molar-refractivity contribution in [1.82, 2.24) is 4.98 Å². The number of nitro groups is 1. The maximum Gasteiger partial charge on any atom is 0.366 e. The number of aryl methyl sites for hydroxylation is 2. The predicted molar refractivity (Wildman–Crippen MR) is 102 cm³/mol. The maximum absolute atomic E-state index is 12.7. The molecule has 1 atom stereocenters. The molecule has 0 spiro atoms. The smallest absolute Gasteiger partial charge is 0.366 e. The van der Waals surface area contributed by atoms with Crippen molar-refractivity contribution < 1.29 is 19.2 Å². The molecule has 1 N–H and O–H groups in total. The van der Waals surface area contributed by atoms with E-state index in [1.807, 2.05) is 32.0 Å². The Hall–Kier alpha value is -3.49. The average Bonchev–Trinajstić information content (AvgIpc) is 2.66. The topological polar surface area (TPSA) is 115 Å². The number of amides is 2. The zero-order valence-corrected chi connectivity index (χ0v) is 15.8. The van der Waals surface area contributed by atoms with E-state index in [1.165, 1.54) is 12.1 Å². The number of carbonyl (C=O) groups excluding carboxylic acids is 2. The fourth-order valence-corrected chi connectivity index (χ4v) is 3.04. The number of hydrogen-bond acceptors (Lipinski definition) is 6. The number of fused-ring (bicyclic) bond motifs is 1. The molecule has 0 aliphatic carbocycles. The summed E-state index contributed by atoms with van der Waals surface area (Å²) >= 11 is 0. The largest absolute Gasteiger partial charge is 0.474 e. The zero-order chi connectivity index (χ0) is 20.4. The van der Waals surface area contributed by atoms with Gasteiger partial charge in [0.05, 0.1) is 0 Å². The summed E-state index contributed by atoms with van der Waals surface area (Å²) in [7, 11) is 0. The molecule has 1 unspecified atom stereocenters. The van der Waals surface area contributed by atoms with E-state index in [9.17, 15) is 19.7 Å². The normalized spacial score (nSPS) is 15.6. The van der Waals surface area contributed by atoms with Crippen LogP contribution < -0.4 is 15.0 Å². The van der Waals surface area contributed by atoms with Crippen molar-refractivity contribution in [2.45, 2.75) is 33.3 Å². The molecule has 2 aromatic rings. The molecular formula is C19H20N4O5. The lowest BCUT2D eigenvalue weighted by atomic mass is 10.1. The Morgan fingerprint density at radius 3 is 2.57 bits per heavy atom. The van der Waals surface area contributed by atoms with Crippen LogP contribution in [0.3, 0.4) is 0 Å². The summed E-state index contributed by atoms with van der Waals surface area (Å²) in [6.07, 6.45) is -0.381. The molecule has 1 aliphatic heterocycles. The van der Waals surface area contributed by atoms with E-state index in [0.717, 1.165) is 16.0 Å². The summed E-state index contributed by atoms with van der Waals surface area (Å²) in [4.78, 5) is 40.8. The highest BCUT2D eigenvalue weighted by Gasteiger charge is 2.39. The molecule has 1 aliphatic rings. The summed E-state index contributed by atoms with van der Waals surface area (Å²) in [5, 5.41) is 13.9. The lowest BCUT2D eigenvalue weighted by Crippen LogP contribution is -2.49. The van der Waals surface area contributed by atoms with Gasteiger partial charge in [0.15, 0.2) is 11.9 Å². The Morgan fingerprint density at radius 1 is 1.29 bits per heavy atom. The van der Waals surface area contributed by atoms with Gasteiger partial charge in [0.1, 0.15) is 6.54 Å². The van der Waals surface area contributed by atoms with Crippen molar-refractivity contribution in [2.75, 3.05) is 16.8 Å². The first-order valence-electron chi connectivity index (χ1n) is 8.81. The minimum Gasteiger partial charge on any atom is -0.474 e. The Bertz CT molecular complexity index is 939. The van der Waals surface area contributed by atoms with Gasteiger partial charge in [0.25, 0.3) is 11.7 Å². The number of aromatic nitrogens is 1. The van der Waals surface area contributed by atoms with E-state index in [-0.39, 0.29) is 18.1 Å². The van der Waals surface area contributed by atoms with Gasteiger partial charge in [-0.05, 0) is 47.4 Å². The van der Waals surface area contributed by atoms with Gasteiger partial charge in [-0.15, -0.1) is 0 Å². The van der Waals surface area contributed by atoms with Crippen molar-refractivity contribution in [3.63, 3.8) is 0 Å². The summed E-state index contributed by atoms with van der Waals surface area (Å²) in [6, 6.07) is 8.23. The highest BCUT2D eigenvalue weighted by molar-refractivity contribution is 6.06. The summed E-state index contributed by atoms with van der Waals surface area (Å²) < 4.78 is 5.59. The number of anilines is 2. The Labute approximate surface area is 161 Å². The number of hydrogen-bond donors (Lipinski definition) is 1. The monoisotopic (exact) mass is 384 g/mol. The van der Waals surface area contributed by atoms with Crippen LogP contribution in [0.5, 0.6) is 5.75 Å². The second-order valence-corrected chi connectivity index (χ2v) is 6.50. The van der Waals surface area contributed by atoms with Crippen molar-refractivity contribution >= 4 is 29.1 Å². The Morgan fingerprint density at radius 2 is 1.96 bits per heavy atom. The van der Waals surface area contributed by atoms with Crippen molar-refractivity contribution in [1.29, 1.82) is 0 Å². The summed E-state index contributed by atoms with van der Waals surface area (Å²) in [5.74, 6) is -1.11. The van der Waals surface area contributed by atoms with Gasteiger partial charge in [0.2, 0.25) is 5.91 Å². The minimum atomic E-state index is -0.774. The van der Waals surface area contributed by atoms with E-state index < -0.39 is 28.7 Å². The van der Waals surface area contributed by atoms with Gasteiger partial charge >= 0.3 is 5.82 Å². The minimum absolute atomic E-state index is 0.0273. The molecule has 9 nitrogen and oxygen atoms in total. The van der Waals surface area contributed by atoms with Crippen molar-refractivity contribution in [3.8, 4) is 5.75 Å². The maximum atomic E-state index is 12.7. The van der Waals surface area contributed by atoms with E-state index >= 15 is 0 Å². The predicted octanol–water partition coefficient (Wildman–Crippen LogP) is 2.75. The van der Waals surface area contributed by atoms with E-state index in [0.29, 0.717) is 12.1 Å². The molecular weight excluding hydrogens is 364 g/mol. The average molecular weight is 384 g/mol. The van der Waals surface area contributed by atoms with Gasteiger partial charge in [-0.3, -0.25) is 14.5 Å². The van der Waals surface area contributed by atoms with Crippen LogP contribution in [-0.4, -0.2) is 34.4 Å². The summed E-state index contributed by atoms with van der Waals surface area (Å²) in [6.45, 7) is 5.20. The number of para-hydroxylation sites is 1. The SMILES string of the molecule is CCC1Oc2ccc([N+](=O)[O-])nc2N(CC(=O)Nc2c(C)cccc2C)C1=O.